The smallest absolute Gasteiger partial charge is 0.416 e. The molecule has 2 rings (SSSR count). The molecule has 0 bridgehead atoms. The van der Waals surface area contributed by atoms with Crippen molar-refractivity contribution in [2.75, 3.05) is 19.0 Å². The zero-order valence-corrected chi connectivity index (χ0v) is 16.3. The van der Waals surface area contributed by atoms with Gasteiger partial charge in [-0.15, -0.1) is 11.8 Å². The molecule has 0 heterocycles. The van der Waals surface area contributed by atoms with Gasteiger partial charge in [-0.3, -0.25) is 0 Å². The summed E-state index contributed by atoms with van der Waals surface area (Å²) in [6.07, 6.45) is -4.35. The number of hydrogen-bond acceptors (Lipinski definition) is 4. The average molecular weight is 414 g/mol. The number of carboxylic acid groups (broad SMARTS) is 1. The molecule has 4 nitrogen and oxygen atoms in total. The Bertz CT molecular complexity index is 791. The van der Waals surface area contributed by atoms with E-state index in [0.717, 1.165) is 28.3 Å². The third kappa shape index (κ3) is 6.99. The van der Waals surface area contributed by atoms with Crippen molar-refractivity contribution in [1.29, 1.82) is 0 Å². The van der Waals surface area contributed by atoms with Crippen molar-refractivity contribution < 1.29 is 32.5 Å². The van der Waals surface area contributed by atoms with Crippen molar-refractivity contribution in [2.24, 2.45) is 5.92 Å². The molecule has 0 aliphatic carbocycles. The number of rotatable bonds is 9. The summed E-state index contributed by atoms with van der Waals surface area (Å²) in [4.78, 5) is 11.6. The molecule has 0 spiro atoms. The first-order valence-corrected chi connectivity index (χ1v) is 9.52. The maximum Gasteiger partial charge on any atom is 0.416 e. The molecule has 2 aromatic carbocycles. The third-order valence-corrected chi connectivity index (χ3v) is 5.07. The molecule has 152 valence electrons. The van der Waals surface area contributed by atoms with Crippen LogP contribution in [0.1, 0.15) is 18.1 Å². The van der Waals surface area contributed by atoms with Crippen LogP contribution in [0.15, 0.2) is 47.4 Å². The second-order valence-electron chi connectivity index (χ2n) is 6.36. The lowest BCUT2D eigenvalue weighted by Crippen LogP contribution is -2.11. The molecule has 0 radical (unpaired) electrons. The van der Waals surface area contributed by atoms with Gasteiger partial charge in [-0.1, -0.05) is 6.92 Å². The zero-order valence-electron chi connectivity index (χ0n) is 15.5. The van der Waals surface area contributed by atoms with E-state index in [1.54, 1.807) is 17.8 Å². The SMILES string of the molecule is Cc1cc(SCC(C)COc2ccc(C(F)(F)F)cc2)ccc1OCC(=O)O. The van der Waals surface area contributed by atoms with Gasteiger partial charge in [0, 0.05) is 10.6 Å². The molecule has 0 fully saturated rings. The van der Waals surface area contributed by atoms with E-state index in [1.165, 1.54) is 12.1 Å². The van der Waals surface area contributed by atoms with Gasteiger partial charge in [0.05, 0.1) is 12.2 Å². The van der Waals surface area contributed by atoms with E-state index in [9.17, 15) is 18.0 Å². The van der Waals surface area contributed by atoms with Crippen molar-refractivity contribution >= 4 is 17.7 Å². The standard InChI is InChI=1S/C20H21F3O4S/c1-13(10-26-16-5-3-15(4-6-16)20(21,22)23)12-28-17-7-8-18(14(2)9-17)27-11-19(24)25/h3-9,13H,10-12H2,1-2H3,(H,24,25). The second-order valence-corrected chi connectivity index (χ2v) is 7.45. The Morgan fingerprint density at radius 2 is 1.82 bits per heavy atom. The highest BCUT2D eigenvalue weighted by molar-refractivity contribution is 7.99. The molecular formula is C20H21F3O4S. The number of ether oxygens (including phenoxy) is 2. The van der Waals surface area contributed by atoms with E-state index in [0.29, 0.717) is 18.1 Å². The minimum atomic E-state index is -4.35. The van der Waals surface area contributed by atoms with E-state index < -0.39 is 17.7 Å². The molecule has 0 amide bonds. The summed E-state index contributed by atoms with van der Waals surface area (Å²) in [5.41, 5.74) is 0.148. The predicted molar refractivity (Wildman–Crippen MR) is 101 cm³/mol. The number of carbonyl (C=O) groups is 1. The number of aryl methyl sites for hydroxylation is 1. The highest BCUT2D eigenvalue weighted by Crippen LogP contribution is 2.31. The van der Waals surface area contributed by atoms with Gasteiger partial charge in [0.1, 0.15) is 11.5 Å². The Balaban J connectivity index is 1.80. The molecule has 1 unspecified atom stereocenters. The molecule has 1 atom stereocenters. The lowest BCUT2D eigenvalue weighted by Gasteiger charge is -2.14. The molecule has 0 aliphatic rings. The van der Waals surface area contributed by atoms with Crippen LogP contribution in [0.2, 0.25) is 0 Å². The normalized spacial score (nSPS) is 12.5. The Kier molecular flexibility index (Phi) is 7.62. The van der Waals surface area contributed by atoms with Crippen LogP contribution in [-0.2, 0) is 11.0 Å². The number of carboxylic acids is 1. The Labute approximate surface area is 165 Å². The van der Waals surface area contributed by atoms with Gasteiger partial charge in [0.15, 0.2) is 6.61 Å². The molecule has 2 aromatic rings. The van der Waals surface area contributed by atoms with Crippen LogP contribution < -0.4 is 9.47 Å². The first-order valence-electron chi connectivity index (χ1n) is 8.53. The predicted octanol–water partition coefficient (Wildman–Crippen LogP) is 5.28. The van der Waals surface area contributed by atoms with Crippen molar-refractivity contribution in [1.82, 2.24) is 0 Å². The first kappa shape index (κ1) is 21.9. The number of hydrogen-bond donors (Lipinski definition) is 1. The van der Waals surface area contributed by atoms with E-state index in [4.69, 9.17) is 14.6 Å². The van der Waals surface area contributed by atoms with Crippen molar-refractivity contribution in [3.05, 3.63) is 53.6 Å². The van der Waals surface area contributed by atoms with Gasteiger partial charge in [-0.25, -0.2) is 4.79 Å². The molecule has 8 heteroatoms. The van der Waals surface area contributed by atoms with Gasteiger partial charge in [-0.2, -0.15) is 13.2 Å². The Morgan fingerprint density at radius 1 is 1.14 bits per heavy atom. The minimum Gasteiger partial charge on any atom is -0.493 e. The van der Waals surface area contributed by atoms with E-state index in [2.05, 4.69) is 0 Å². The molecule has 28 heavy (non-hydrogen) atoms. The van der Waals surface area contributed by atoms with E-state index in [1.807, 2.05) is 26.0 Å². The minimum absolute atomic E-state index is 0.176. The zero-order chi connectivity index (χ0) is 20.7. The summed E-state index contributed by atoms with van der Waals surface area (Å²) < 4.78 is 48.4. The lowest BCUT2D eigenvalue weighted by atomic mass is 10.2. The van der Waals surface area contributed by atoms with Gasteiger partial charge < -0.3 is 14.6 Å². The number of aliphatic carboxylic acids is 1. The van der Waals surface area contributed by atoms with Gasteiger partial charge in [0.2, 0.25) is 0 Å². The van der Waals surface area contributed by atoms with Crippen LogP contribution in [0.25, 0.3) is 0 Å². The highest BCUT2D eigenvalue weighted by atomic mass is 32.2. The average Bonchev–Trinajstić information content (AvgIpc) is 2.63. The largest absolute Gasteiger partial charge is 0.493 e. The number of alkyl halides is 3. The molecule has 0 saturated heterocycles. The number of thioether (sulfide) groups is 1. The van der Waals surface area contributed by atoms with Crippen molar-refractivity contribution in [2.45, 2.75) is 24.9 Å². The third-order valence-electron chi connectivity index (χ3n) is 3.75. The molecule has 0 aliphatic heterocycles. The number of benzene rings is 2. The van der Waals surface area contributed by atoms with Crippen LogP contribution in [0.3, 0.4) is 0 Å². The molecular weight excluding hydrogens is 393 g/mol. The van der Waals surface area contributed by atoms with E-state index >= 15 is 0 Å². The summed E-state index contributed by atoms with van der Waals surface area (Å²) >= 11 is 1.62. The van der Waals surface area contributed by atoms with Gasteiger partial charge in [0.25, 0.3) is 0 Å². The summed E-state index contributed by atoms with van der Waals surface area (Å²) in [5.74, 6) is 0.844. The van der Waals surface area contributed by atoms with Crippen molar-refractivity contribution in [3.63, 3.8) is 0 Å². The summed E-state index contributed by atoms with van der Waals surface area (Å²) in [6.45, 7) is 3.84. The molecule has 1 N–H and O–H groups in total. The fourth-order valence-corrected chi connectivity index (χ4v) is 3.28. The highest BCUT2D eigenvalue weighted by Gasteiger charge is 2.30. The van der Waals surface area contributed by atoms with Crippen LogP contribution in [-0.4, -0.2) is 30.0 Å². The van der Waals surface area contributed by atoms with Gasteiger partial charge >= 0.3 is 12.1 Å². The number of halogens is 3. The van der Waals surface area contributed by atoms with Crippen LogP contribution >= 0.6 is 11.8 Å². The van der Waals surface area contributed by atoms with Gasteiger partial charge in [-0.05, 0) is 60.9 Å². The summed E-state index contributed by atoms with van der Waals surface area (Å²) in [5, 5.41) is 8.66. The summed E-state index contributed by atoms with van der Waals surface area (Å²) in [7, 11) is 0. The quantitative estimate of drug-likeness (QED) is 0.566. The van der Waals surface area contributed by atoms with E-state index in [-0.39, 0.29) is 12.5 Å². The topological polar surface area (TPSA) is 55.8 Å². The Hall–Kier alpha value is -2.35. The van der Waals surface area contributed by atoms with Crippen LogP contribution in [0.5, 0.6) is 11.5 Å². The maximum absolute atomic E-state index is 12.5. The fraction of sp³-hybridized carbons (Fsp3) is 0.350. The summed E-state index contributed by atoms with van der Waals surface area (Å²) in [6, 6.07) is 10.2. The maximum atomic E-state index is 12.5. The second kappa shape index (κ2) is 9.73. The Morgan fingerprint density at radius 3 is 2.39 bits per heavy atom. The molecule has 0 aromatic heterocycles. The lowest BCUT2D eigenvalue weighted by molar-refractivity contribution is -0.139. The van der Waals surface area contributed by atoms with Crippen LogP contribution in [0.4, 0.5) is 13.2 Å². The van der Waals surface area contributed by atoms with Crippen molar-refractivity contribution in [3.8, 4) is 11.5 Å². The van der Waals surface area contributed by atoms with Crippen LogP contribution in [0, 0.1) is 12.8 Å². The fourth-order valence-electron chi connectivity index (χ4n) is 2.28. The molecule has 0 saturated carbocycles. The monoisotopic (exact) mass is 414 g/mol. The first-order chi connectivity index (χ1) is 13.1.